The van der Waals surface area contributed by atoms with Crippen molar-refractivity contribution in [2.75, 3.05) is 33.7 Å². The Hall–Kier alpha value is -1.95. The summed E-state index contributed by atoms with van der Waals surface area (Å²) >= 11 is 0. The number of fused-ring (bicyclic) bond motifs is 1. The van der Waals surface area contributed by atoms with Crippen molar-refractivity contribution in [3.8, 4) is 0 Å². The van der Waals surface area contributed by atoms with Crippen molar-refractivity contribution in [1.29, 1.82) is 0 Å². The van der Waals surface area contributed by atoms with Gasteiger partial charge in [0, 0.05) is 26.2 Å². The normalized spacial score (nSPS) is 17.2. The Balaban J connectivity index is 1.65. The van der Waals surface area contributed by atoms with E-state index < -0.39 is 0 Å². The lowest BCUT2D eigenvalue weighted by Gasteiger charge is -2.31. The van der Waals surface area contributed by atoms with Crippen molar-refractivity contribution in [1.82, 2.24) is 24.4 Å². The number of likely N-dealkylation sites (tertiary alicyclic amines) is 1. The van der Waals surface area contributed by atoms with Crippen LogP contribution in [0.3, 0.4) is 0 Å². The molecule has 6 nitrogen and oxygen atoms in total. The number of likely N-dealkylation sites (N-methyl/N-ethyl adjacent to an activating group) is 1. The summed E-state index contributed by atoms with van der Waals surface area (Å²) in [6.45, 7) is 2.39. The number of amides is 1. The highest BCUT2D eigenvalue weighted by Crippen LogP contribution is 2.26. The molecule has 0 atom stereocenters. The van der Waals surface area contributed by atoms with Crippen LogP contribution in [0.2, 0.25) is 0 Å². The molecule has 1 fully saturated rings. The summed E-state index contributed by atoms with van der Waals surface area (Å²) in [5.74, 6) is 1.64. The van der Waals surface area contributed by atoms with Crippen LogP contribution in [0, 0.1) is 0 Å². The van der Waals surface area contributed by atoms with Gasteiger partial charge in [-0.05, 0) is 38.1 Å². The molecule has 0 unspecified atom stereocenters. The van der Waals surface area contributed by atoms with E-state index in [4.69, 9.17) is 0 Å². The summed E-state index contributed by atoms with van der Waals surface area (Å²) in [5.41, 5.74) is 0.901. The first-order chi connectivity index (χ1) is 10.1. The molecule has 1 amide bonds. The number of piperidine rings is 1. The number of aromatic nitrogens is 3. The average Bonchev–Trinajstić information content (AvgIpc) is 2.92. The molecular weight excluding hydrogens is 266 g/mol. The molecule has 0 spiro atoms. The zero-order valence-corrected chi connectivity index (χ0v) is 12.6. The molecule has 0 radical (unpaired) electrons. The highest BCUT2D eigenvalue weighted by molar-refractivity contribution is 5.77. The van der Waals surface area contributed by atoms with Crippen LogP contribution >= 0.6 is 0 Å². The first-order valence-electron chi connectivity index (χ1n) is 7.37. The number of pyridine rings is 1. The van der Waals surface area contributed by atoms with E-state index in [1.807, 2.05) is 24.4 Å². The van der Waals surface area contributed by atoms with Gasteiger partial charge in [-0.25, -0.2) is 0 Å². The molecule has 21 heavy (non-hydrogen) atoms. The number of hydrogen-bond acceptors (Lipinski definition) is 4. The average molecular weight is 287 g/mol. The predicted molar refractivity (Wildman–Crippen MR) is 80.1 cm³/mol. The largest absolute Gasteiger partial charge is 0.348 e. The smallest absolute Gasteiger partial charge is 0.236 e. The van der Waals surface area contributed by atoms with E-state index in [-0.39, 0.29) is 5.91 Å². The van der Waals surface area contributed by atoms with Gasteiger partial charge in [0.25, 0.3) is 0 Å². The lowest BCUT2D eigenvalue weighted by molar-refractivity contribution is -0.130. The number of hydrogen-bond donors (Lipinski definition) is 0. The highest BCUT2D eigenvalue weighted by atomic mass is 16.2. The first kappa shape index (κ1) is 14.0. The lowest BCUT2D eigenvalue weighted by atomic mass is 9.96. The molecule has 6 heteroatoms. The van der Waals surface area contributed by atoms with Crippen LogP contribution < -0.4 is 0 Å². The van der Waals surface area contributed by atoms with Gasteiger partial charge in [0.1, 0.15) is 5.82 Å². The topological polar surface area (TPSA) is 53.7 Å². The van der Waals surface area contributed by atoms with Gasteiger partial charge >= 0.3 is 0 Å². The second-order valence-corrected chi connectivity index (χ2v) is 5.83. The maximum Gasteiger partial charge on any atom is 0.236 e. The third kappa shape index (κ3) is 2.90. The van der Waals surface area contributed by atoms with E-state index >= 15 is 0 Å². The zero-order valence-electron chi connectivity index (χ0n) is 12.6. The van der Waals surface area contributed by atoms with Crippen LogP contribution in [0.15, 0.2) is 24.4 Å². The molecule has 0 saturated carbocycles. The van der Waals surface area contributed by atoms with Gasteiger partial charge in [-0.1, -0.05) is 6.07 Å². The number of carbonyl (C=O) groups is 1. The van der Waals surface area contributed by atoms with Crippen molar-refractivity contribution in [2.45, 2.75) is 18.8 Å². The van der Waals surface area contributed by atoms with Crippen LogP contribution in [0.1, 0.15) is 24.6 Å². The summed E-state index contributed by atoms with van der Waals surface area (Å²) in [5, 5.41) is 8.58. The Bertz CT molecular complexity index is 628. The van der Waals surface area contributed by atoms with Gasteiger partial charge in [0.15, 0.2) is 5.65 Å². The SMILES string of the molecule is CN(C)C(=O)CN1CCC(c2nnc3ccccn23)CC1. The molecule has 3 rings (SSSR count). The Morgan fingerprint density at radius 3 is 2.76 bits per heavy atom. The van der Waals surface area contributed by atoms with Crippen LogP contribution in [0.25, 0.3) is 5.65 Å². The minimum atomic E-state index is 0.168. The molecule has 2 aromatic heterocycles. The quantitative estimate of drug-likeness (QED) is 0.845. The molecule has 3 heterocycles. The van der Waals surface area contributed by atoms with Crippen molar-refractivity contribution in [3.63, 3.8) is 0 Å². The van der Waals surface area contributed by atoms with Gasteiger partial charge < -0.3 is 4.90 Å². The molecule has 0 aromatic carbocycles. The second kappa shape index (κ2) is 5.81. The fraction of sp³-hybridized carbons (Fsp3) is 0.533. The molecule has 1 aliphatic heterocycles. The molecule has 1 saturated heterocycles. The van der Waals surface area contributed by atoms with Gasteiger partial charge in [0.2, 0.25) is 5.91 Å². The minimum Gasteiger partial charge on any atom is -0.348 e. The van der Waals surface area contributed by atoms with Crippen LogP contribution in [0.4, 0.5) is 0 Å². The fourth-order valence-corrected chi connectivity index (χ4v) is 2.82. The zero-order chi connectivity index (χ0) is 14.8. The highest BCUT2D eigenvalue weighted by Gasteiger charge is 2.25. The lowest BCUT2D eigenvalue weighted by Crippen LogP contribution is -2.40. The Morgan fingerprint density at radius 2 is 2.05 bits per heavy atom. The second-order valence-electron chi connectivity index (χ2n) is 5.83. The number of nitrogens with zero attached hydrogens (tertiary/aromatic N) is 5. The van der Waals surface area contributed by atoms with E-state index in [0.29, 0.717) is 12.5 Å². The Labute approximate surface area is 124 Å². The first-order valence-corrected chi connectivity index (χ1v) is 7.37. The van der Waals surface area contributed by atoms with Crippen molar-refractivity contribution in [2.24, 2.45) is 0 Å². The number of rotatable bonds is 3. The maximum atomic E-state index is 11.8. The standard InChI is InChI=1S/C15H21N5O/c1-18(2)14(21)11-19-9-6-12(7-10-19)15-17-16-13-5-3-4-8-20(13)15/h3-5,8,12H,6-7,9-11H2,1-2H3. The van der Waals surface area contributed by atoms with E-state index in [1.54, 1.807) is 19.0 Å². The summed E-state index contributed by atoms with van der Waals surface area (Å²) in [6.07, 6.45) is 4.07. The van der Waals surface area contributed by atoms with Gasteiger partial charge in [-0.15, -0.1) is 10.2 Å². The Kier molecular flexibility index (Phi) is 3.88. The van der Waals surface area contributed by atoms with Gasteiger partial charge in [-0.3, -0.25) is 14.1 Å². The monoisotopic (exact) mass is 287 g/mol. The maximum absolute atomic E-state index is 11.8. The molecule has 0 N–H and O–H groups in total. The summed E-state index contributed by atoms with van der Waals surface area (Å²) in [4.78, 5) is 15.6. The van der Waals surface area contributed by atoms with Crippen molar-refractivity contribution in [3.05, 3.63) is 30.2 Å². The summed E-state index contributed by atoms with van der Waals surface area (Å²) in [6, 6.07) is 5.95. The Morgan fingerprint density at radius 1 is 1.29 bits per heavy atom. The molecular formula is C15H21N5O. The molecule has 0 bridgehead atoms. The third-order valence-electron chi connectivity index (χ3n) is 4.15. The number of carbonyl (C=O) groups excluding carboxylic acids is 1. The third-order valence-corrected chi connectivity index (χ3v) is 4.15. The predicted octanol–water partition coefficient (Wildman–Crippen LogP) is 0.997. The van der Waals surface area contributed by atoms with Crippen LogP contribution in [0.5, 0.6) is 0 Å². The molecule has 2 aromatic rings. The van der Waals surface area contributed by atoms with Gasteiger partial charge in [-0.2, -0.15) is 0 Å². The molecule has 1 aliphatic rings. The fourth-order valence-electron chi connectivity index (χ4n) is 2.82. The van der Waals surface area contributed by atoms with E-state index in [9.17, 15) is 4.79 Å². The van der Waals surface area contributed by atoms with Crippen LogP contribution in [-0.2, 0) is 4.79 Å². The molecule has 112 valence electrons. The van der Waals surface area contributed by atoms with E-state index in [1.165, 1.54) is 0 Å². The molecule has 0 aliphatic carbocycles. The van der Waals surface area contributed by atoms with E-state index in [2.05, 4.69) is 19.5 Å². The van der Waals surface area contributed by atoms with Gasteiger partial charge in [0.05, 0.1) is 6.54 Å². The van der Waals surface area contributed by atoms with Crippen molar-refractivity contribution >= 4 is 11.6 Å². The summed E-state index contributed by atoms with van der Waals surface area (Å²) < 4.78 is 2.07. The van der Waals surface area contributed by atoms with Crippen molar-refractivity contribution < 1.29 is 4.79 Å². The van der Waals surface area contributed by atoms with Crippen LogP contribution in [-0.4, -0.2) is 64.0 Å². The summed E-state index contributed by atoms with van der Waals surface area (Å²) in [7, 11) is 3.61. The minimum absolute atomic E-state index is 0.168. The van der Waals surface area contributed by atoms with E-state index in [0.717, 1.165) is 37.4 Å².